The van der Waals surface area contributed by atoms with E-state index in [1.165, 1.54) is 16.8 Å². The molecule has 0 unspecified atom stereocenters. The number of likely N-dealkylation sites (tertiary alicyclic amines) is 1. The van der Waals surface area contributed by atoms with Gasteiger partial charge in [-0.15, -0.1) is 5.10 Å². The topological polar surface area (TPSA) is 124 Å². The third-order valence-corrected chi connectivity index (χ3v) is 8.70. The predicted molar refractivity (Wildman–Crippen MR) is 188 cm³/mol. The molecule has 13 heteroatoms. The second-order valence-corrected chi connectivity index (χ2v) is 13.7. The maximum absolute atomic E-state index is 16.1. The molecule has 5 heterocycles. The minimum absolute atomic E-state index is 0.142. The van der Waals surface area contributed by atoms with E-state index in [0.717, 1.165) is 16.6 Å². The minimum Gasteiger partial charge on any atom is -0.444 e. The smallest absolute Gasteiger partial charge is 0.410 e. The lowest BCUT2D eigenvalue weighted by molar-refractivity contribution is 0.0196. The average Bonchev–Trinajstić information content (AvgIpc) is 3.76. The largest absolute Gasteiger partial charge is 0.444 e. The van der Waals surface area contributed by atoms with Gasteiger partial charge in [-0.3, -0.25) is 14.4 Å². The molecule has 0 radical (unpaired) electrons. The monoisotopic (exact) mass is 675 g/mol. The number of ether oxygens (including phenoxy) is 1. The number of amides is 2. The Balaban J connectivity index is 1.30. The Hall–Kier alpha value is -5.72. The van der Waals surface area contributed by atoms with Gasteiger partial charge < -0.3 is 9.64 Å². The molecular formula is C37H38FN9O3. The Bertz CT molecular complexity index is 2220. The molecule has 4 aromatic heterocycles. The highest BCUT2D eigenvalue weighted by molar-refractivity contribution is 6.10. The molecule has 1 saturated heterocycles. The first-order valence-corrected chi connectivity index (χ1v) is 16.7. The maximum atomic E-state index is 16.1. The SMILES string of the molecule is CC(C)n1nccc1-c1ccc2c(N(C(=O)c3ccc(-n4nnc5cccnc54)cc3F)[C@@H]3CCCN(C(=O)OC(C)(C)C)C3)nccc2c1. The van der Waals surface area contributed by atoms with E-state index in [2.05, 4.69) is 34.2 Å². The summed E-state index contributed by atoms with van der Waals surface area (Å²) in [4.78, 5) is 40.0. The molecule has 12 nitrogen and oxygen atoms in total. The van der Waals surface area contributed by atoms with E-state index in [-0.39, 0.29) is 18.2 Å². The lowest BCUT2D eigenvalue weighted by Gasteiger charge is -2.39. The normalized spacial score (nSPS) is 15.2. The molecule has 7 rings (SSSR count). The van der Waals surface area contributed by atoms with E-state index in [9.17, 15) is 9.59 Å². The molecule has 50 heavy (non-hydrogen) atoms. The molecular weight excluding hydrogens is 637 g/mol. The zero-order valence-electron chi connectivity index (χ0n) is 28.6. The van der Waals surface area contributed by atoms with Crippen molar-refractivity contribution >= 4 is 39.8 Å². The van der Waals surface area contributed by atoms with E-state index in [1.54, 1.807) is 46.6 Å². The van der Waals surface area contributed by atoms with Crippen molar-refractivity contribution in [3.05, 3.63) is 90.6 Å². The second kappa shape index (κ2) is 13.0. The van der Waals surface area contributed by atoms with Crippen LogP contribution in [0.3, 0.4) is 0 Å². The predicted octanol–water partition coefficient (Wildman–Crippen LogP) is 6.99. The van der Waals surface area contributed by atoms with Crippen molar-refractivity contribution in [3.8, 4) is 16.9 Å². The van der Waals surface area contributed by atoms with Gasteiger partial charge in [0.25, 0.3) is 5.91 Å². The summed E-state index contributed by atoms with van der Waals surface area (Å²) < 4.78 is 25.2. The summed E-state index contributed by atoms with van der Waals surface area (Å²) in [6, 6.07) is 17.3. The van der Waals surface area contributed by atoms with Crippen LogP contribution >= 0.6 is 0 Å². The summed E-state index contributed by atoms with van der Waals surface area (Å²) in [5.41, 5.74) is 2.50. The van der Waals surface area contributed by atoms with E-state index in [1.807, 2.05) is 55.8 Å². The second-order valence-electron chi connectivity index (χ2n) is 13.7. The van der Waals surface area contributed by atoms with Gasteiger partial charge in [-0.05, 0) is 101 Å². The number of fused-ring (bicyclic) bond motifs is 2. The third kappa shape index (κ3) is 6.26. The third-order valence-electron chi connectivity index (χ3n) is 8.70. The van der Waals surface area contributed by atoms with Crippen LogP contribution in [0.2, 0.25) is 0 Å². The number of carbonyl (C=O) groups excluding carboxylic acids is 2. The molecule has 0 bridgehead atoms. The van der Waals surface area contributed by atoms with Gasteiger partial charge in [-0.2, -0.15) is 9.78 Å². The molecule has 0 spiro atoms. The van der Waals surface area contributed by atoms with Crippen LogP contribution in [-0.2, 0) is 4.74 Å². The van der Waals surface area contributed by atoms with E-state index < -0.39 is 29.5 Å². The standard InChI is InChI=1S/C37H38FN9O3/c1-23(2)46-32(15-18-41-46)25-10-12-28-24(20-25)14-17-40-33(28)45(27-8-7-19-44(22-27)36(49)50-37(3,4)5)35(48)29-13-11-26(21-30(29)38)47-34-31(42-43-47)9-6-16-39-34/h6,9-18,20-21,23,27H,7-8,19,22H2,1-5H3/t27-/m1/s1. The summed E-state index contributed by atoms with van der Waals surface area (Å²) >= 11 is 0. The Morgan fingerprint density at radius 3 is 2.62 bits per heavy atom. The van der Waals surface area contributed by atoms with Crippen LogP contribution in [0.15, 0.2) is 79.3 Å². The number of anilines is 1. The highest BCUT2D eigenvalue weighted by Gasteiger charge is 2.36. The molecule has 0 saturated carbocycles. The number of rotatable bonds is 6. The lowest BCUT2D eigenvalue weighted by Crippen LogP contribution is -2.53. The molecule has 6 aromatic rings. The van der Waals surface area contributed by atoms with E-state index in [0.29, 0.717) is 47.4 Å². The average molecular weight is 676 g/mol. The zero-order chi connectivity index (χ0) is 35.2. The summed E-state index contributed by atoms with van der Waals surface area (Å²) in [6.45, 7) is 10.3. The number of hydrogen-bond donors (Lipinski definition) is 0. The first-order chi connectivity index (χ1) is 24.0. The molecule has 2 amide bonds. The summed E-state index contributed by atoms with van der Waals surface area (Å²) in [7, 11) is 0. The zero-order valence-corrected chi connectivity index (χ0v) is 28.6. The first kappa shape index (κ1) is 32.8. The van der Waals surface area contributed by atoms with Crippen molar-refractivity contribution in [1.82, 2.24) is 39.6 Å². The molecule has 256 valence electrons. The highest BCUT2D eigenvalue weighted by atomic mass is 19.1. The fourth-order valence-electron chi connectivity index (χ4n) is 6.44. The Labute approximate surface area is 288 Å². The number of aromatic nitrogens is 7. The van der Waals surface area contributed by atoms with Gasteiger partial charge in [0.15, 0.2) is 5.65 Å². The van der Waals surface area contributed by atoms with Crippen molar-refractivity contribution in [1.29, 1.82) is 0 Å². The fourth-order valence-corrected chi connectivity index (χ4v) is 6.44. The maximum Gasteiger partial charge on any atom is 0.410 e. The molecule has 1 atom stereocenters. The molecule has 2 aromatic carbocycles. The van der Waals surface area contributed by atoms with E-state index in [4.69, 9.17) is 9.72 Å². The Morgan fingerprint density at radius 1 is 1.00 bits per heavy atom. The van der Waals surface area contributed by atoms with Gasteiger partial charge >= 0.3 is 6.09 Å². The Kier molecular flexibility index (Phi) is 8.50. The first-order valence-electron chi connectivity index (χ1n) is 16.7. The van der Waals surface area contributed by atoms with Crippen molar-refractivity contribution in [2.24, 2.45) is 0 Å². The molecule has 1 fully saturated rings. The summed E-state index contributed by atoms with van der Waals surface area (Å²) in [5, 5.41) is 14.3. The number of piperidine rings is 1. The van der Waals surface area contributed by atoms with Gasteiger partial charge in [0.1, 0.15) is 22.8 Å². The number of nitrogens with zero attached hydrogens (tertiary/aromatic N) is 9. The number of halogens is 1. The van der Waals surface area contributed by atoms with Gasteiger partial charge in [0.2, 0.25) is 0 Å². The van der Waals surface area contributed by atoms with Crippen molar-refractivity contribution in [3.63, 3.8) is 0 Å². The van der Waals surface area contributed by atoms with Crippen LogP contribution in [0.25, 0.3) is 38.9 Å². The lowest BCUT2D eigenvalue weighted by atomic mass is 10.0. The van der Waals surface area contributed by atoms with Crippen molar-refractivity contribution in [2.45, 2.75) is 65.1 Å². The molecule has 0 N–H and O–H groups in total. The molecule has 1 aliphatic rings. The van der Waals surface area contributed by atoms with Gasteiger partial charge in [0, 0.05) is 54.7 Å². The van der Waals surface area contributed by atoms with Crippen molar-refractivity contribution in [2.75, 3.05) is 18.0 Å². The summed E-state index contributed by atoms with van der Waals surface area (Å²) in [5.74, 6) is -0.933. The fraction of sp³-hybridized carbons (Fsp3) is 0.324. The number of pyridine rings is 2. The molecule has 1 aliphatic heterocycles. The highest BCUT2D eigenvalue weighted by Crippen LogP contribution is 2.34. The van der Waals surface area contributed by atoms with Gasteiger partial charge in [0.05, 0.1) is 23.0 Å². The van der Waals surface area contributed by atoms with E-state index >= 15 is 4.39 Å². The van der Waals surface area contributed by atoms with Crippen LogP contribution in [0.5, 0.6) is 0 Å². The van der Waals surface area contributed by atoms with Crippen LogP contribution in [0.4, 0.5) is 15.0 Å². The molecule has 0 aliphatic carbocycles. The summed E-state index contributed by atoms with van der Waals surface area (Å²) in [6.07, 6.45) is 5.77. The number of benzene rings is 2. The van der Waals surface area contributed by atoms with Crippen LogP contribution in [-0.4, -0.2) is 76.4 Å². The number of carbonyl (C=O) groups is 2. The minimum atomic E-state index is -0.735. The van der Waals surface area contributed by atoms with Crippen LogP contribution in [0, 0.1) is 5.82 Å². The van der Waals surface area contributed by atoms with Gasteiger partial charge in [-0.1, -0.05) is 11.3 Å². The van der Waals surface area contributed by atoms with Gasteiger partial charge in [-0.25, -0.2) is 19.2 Å². The number of hydrogen-bond acceptors (Lipinski definition) is 8. The Morgan fingerprint density at radius 2 is 1.84 bits per heavy atom. The van der Waals surface area contributed by atoms with Crippen LogP contribution < -0.4 is 4.90 Å². The van der Waals surface area contributed by atoms with Crippen LogP contribution in [0.1, 0.15) is 63.9 Å². The quantitative estimate of drug-likeness (QED) is 0.185. The van der Waals surface area contributed by atoms with Crippen molar-refractivity contribution < 1.29 is 18.7 Å².